The van der Waals surface area contributed by atoms with E-state index in [0.29, 0.717) is 11.3 Å². The van der Waals surface area contributed by atoms with Crippen molar-refractivity contribution in [2.45, 2.75) is 27.7 Å². The molecule has 1 aliphatic rings. The highest BCUT2D eigenvalue weighted by Crippen LogP contribution is 2.35. The smallest absolute Gasteiger partial charge is 0.344 e. The number of carbonyl (C=O) groups is 3. The van der Waals surface area contributed by atoms with Crippen molar-refractivity contribution in [3.63, 3.8) is 0 Å². The summed E-state index contributed by atoms with van der Waals surface area (Å²) in [5.41, 5.74) is 2.20. The van der Waals surface area contributed by atoms with Gasteiger partial charge in [-0.1, -0.05) is 61.9 Å². The van der Waals surface area contributed by atoms with Crippen molar-refractivity contribution in [3.8, 4) is 0 Å². The minimum Gasteiger partial charge on any atom is -0.462 e. The standard InChI is InChI=1S/C20H17NO4.C2H6/c1-3-25-20(24)16-17(14-11-9-13(2)10-12-14)21(19(23)18(16)22)15-7-5-4-6-8-15;1-2/h4-12H,3H2,1-2H3;1-2H3. The highest BCUT2D eigenvalue weighted by Gasteiger charge is 2.43. The fourth-order valence-corrected chi connectivity index (χ4v) is 2.73. The molecule has 3 rings (SSSR count). The number of aryl methyl sites for hydroxylation is 1. The van der Waals surface area contributed by atoms with Crippen LogP contribution in [-0.4, -0.2) is 24.3 Å². The first-order chi connectivity index (χ1) is 13.0. The van der Waals surface area contributed by atoms with Gasteiger partial charge in [-0.2, -0.15) is 0 Å². The number of carbonyl (C=O) groups excluding carboxylic acids is 3. The van der Waals surface area contributed by atoms with E-state index in [2.05, 4.69) is 0 Å². The van der Waals surface area contributed by atoms with Gasteiger partial charge in [0, 0.05) is 5.69 Å². The first-order valence-electron chi connectivity index (χ1n) is 8.97. The Bertz CT molecular complexity index is 867. The number of anilines is 1. The van der Waals surface area contributed by atoms with Crippen LogP contribution in [0, 0.1) is 6.92 Å². The number of hydrogen-bond donors (Lipinski definition) is 0. The number of amides is 1. The number of esters is 1. The minimum absolute atomic E-state index is 0.121. The Morgan fingerprint density at radius 1 is 0.963 bits per heavy atom. The van der Waals surface area contributed by atoms with Crippen molar-refractivity contribution < 1.29 is 19.1 Å². The molecule has 1 heterocycles. The molecule has 5 nitrogen and oxygen atoms in total. The fourth-order valence-electron chi connectivity index (χ4n) is 2.73. The van der Waals surface area contributed by atoms with Crippen LogP contribution < -0.4 is 4.90 Å². The molecule has 0 N–H and O–H groups in total. The molecule has 0 unspecified atom stereocenters. The van der Waals surface area contributed by atoms with Crippen LogP contribution in [-0.2, 0) is 19.1 Å². The van der Waals surface area contributed by atoms with Crippen molar-refractivity contribution in [1.29, 1.82) is 0 Å². The number of ketones is 1. The highest BCUT2D eigenvalue weighted by molar-refractivity contribution is 6.59. The summed E-state index contributed by atoms with van der Waals surface area (Å²) in [6.07, 6.45) is 0. The summed E-state index contributed by atoms with van der Waals surface area (Å²) < 4.78 is 5.01. The predicted molar refractivity (Wildman–Crippen MR) is 105 cm³/mol. The maximum Gasteiger partial charge on any atom is 0.344 e. The number of nitrogens with zero attached hydrogens (tertiary/aromatic N) is 1. The summed E-state index contributed by atoms with van der Waals surface area (Å²) >= 11 is 0. The Balaban J connectivity index is 0.00000126. The lowest BCUT2D eigenvalue weighted by atomic mass is 10.0. The third-order valence-electron chi connectivity index (χ3n) is 3.90. The highest BCUT2D eigenvalue weighted by atomic mass is 16.5. The summed E-state index contributed by atoms with van der Waals surface area (Å²) in [6.45, 7) is 7.71. The molecule has 2 aromatic carbocycles. The van der Waals surface area contributed by atoms with Gasteiger partial charge in [-0.15, -0.1) is 0 Å². The summed E-state index contributed by atoms with van der Waals surface area (Å²) in [7, 11) is 0. The largest absolute Gasteiger partial charge is 0.462 e. The van der Waals surface area contributed by atoms with Gasteiger partial charge in [0.25, 0.3) is 5.78 Å². The van der Waals surface area contributed by atoms with Gasteiger partial charge >= 0.3 is 11.9 Å². The van der Waals surface area contributed by atoms with Crippen molar-refractivity contribution in [3.05, 3.63) is 71.3 Å². The Morgan fingerprint density at radius 2 is 1.56 bits per heavy atom. The molecule has 0 aliphatic carbocycles. The monoisotopic (exact) mass is 365 g/mol. The SMILES string of the molecule is CC.CCOC(=O)C1=C(c2ccc(C)cc2)N(c2ccccc2)C(=O)C1=O. The second kappa shape index (κ2) is 8.94. The summed E-state index contributed by atoms with van der Waals surface area (Å²) in [5, 5.41) is 0. The van der Waals surface area contributed by atoms with Crippen LogP contribution >= 0.6 is 0 Å². The molecule has 1 aliphatic heterocycles. The normalized spacial score (nSPS) is 13.4. The van der Waals surface area contributed by atoms with Gasteiger partial charge in [0.1, 0.15) is 5.57 Å². The van der Waals surface area contributed by atoms with E-state index in [-0.39, 0.29) is 17.9 Å². The lowest BCUT2D eigenvalue weighted by Gasteiger charge is -2.20. The number of hydrogen-bond acceptors (Lipinski definition) is 4. The molecule has 0 fully saturated rings. The van der Waals surface area contributed by atoms with Gasteiger partial charge in [0.2, 0.25) is 0 Å². The maximum absolute atomic E-state index is 12.6. The fraction of sp³-hybridized carbons (Fsp3) is 0.227. The van der Waals surface area contributed by atoms with Crippen molar-refractivity contribution in [2.24, 2.45) is 0 Å². The maximum atomic E-state index is 12.6. The Hall–Kier alpha value is -3.21. The van der Waals surface area contributed by atoms with Gasteiger partial charge in [0.15, 0.2) is 0 Å². The van der Waals surface area contributed by atoms with Crippen LogP contribution in [0.4, 0.5) is 5.69 Å². The molecule has 0 atom stereocenters. The average molecular weight is 365 g/mol. The van der Waals surface area contributed by atoms with E-state index in [1.165, 1.54) is 4.90 Å². The van der Waals surface area contributed by atoms with Gasteiger partial charge < -0.3 is 4.74 Å². The van der Waals surface area contributed by atoms with Crippen LogP contribution in [0.1, 0.15) is 31.9 Å². The van der Waals surface area contributed by atoms with Crippen molar-refractivity contribution in [2.75, 3.05) is 11.5 Å². The Morgan fingerprint density at radius 3 is 2.11 bits per heavy atom. The van der Waals surface area contributed by atoms with E-state index in [0.717, 1.165) is 5.56 Å². The van der Waals surface area contributed by atoms with E-state index in [1.54, 1.807) is 43.3 Å². The lowest BCUT2D eigenvalue weighted by Crippen LogP contribution is -2.28. The number of para-hydroxylation sites is 1. The molecule has 0 spiro atoms. The molecular weight excluding hydrogens is 342 g/mol. The molecule has 0 saturated carbocycles. The number of rotatable bonds is 4. The van der Waals surface area contributed by atoms with E-state index >= 15 is 0 Å². The van der Waals surface area contributed by atoms with Gasteiger partial charge in [-0.05, 0) is 31.5 Å². The number of benzene rings is 2. The third-order valence-corrected chi connectivity index (χ3v) is 3.90. The van der Waals surface area contributed by atoms with Crippen LogP contribution in [0.2, 0.25) is 0 Å². The Kier molecular flexibility index (Phi) is 6.66. The van der Waals surface area contributed by atoms with Crippen LogP contribution in [0.3, 0.4) is 0 Å². The molecule has 1 amide bonds. The van der Waals surface area contributed by atoms with Crippen LogP contribution in [0.15, 0.2) is 60.2 Å². The van der Waals surface area contributed by atoms with Crippen LogP contribution in [0.25, 0.3) is 5.70 Å². The zero-order valence-corrected chi connectivity index (χ0v) is 16.0. The Labute approximate surface area is 159 Å². The van der Waals surface area contributed by atoms with Crippen LogP contribution in [0.5, 0.6) is 0 Å². The van der Waals surface area contributed by atoms with E-state index < -0.39 is 17.7 Å². The second-order valence-corrected chi connectivity index (χ2v) is 5.62. The summed E-state index contributed by atoms with van der Waals surface area (Å²) in [4.78, 5) is 38.7. The zero-order valence-electron chi connectivity index (χ0n) is 16.0. The average Bonchev–Trinajstić information content (AvgIpc) is 2.96. The molecule has 140 valence electrons. The number of ether oxygens (including phenoxy) is 1. The molecule has 2 aromatic rings. The molecule has 0 saturated heterocycles. The number of Topliss-reactive ketones (excluding diaryl/α,β-unsaturated/α-hetero) is 1. The van der Waals surface area contributed by atoms with Gasteiger partial charge in [0.05, 0.1) is 12.3 Å². The first-order valence-corrected chi connectivity index (χ1v) is 8.97. The predicted octanol–water partition coefficient (Wildman–Crippen LogP) is 3.91. The van der Waals surface area contributed by atoms with Gasteiger partial charge in [-0.25, -0.2) is 4.79 Å². The van der Waals surface area contributed by atoms with E-state index in [4.69, 9.17) is 4.74 Å². The molecule has 5 heteroatoms. The lowest BCUT2D eigenvalue weighted by molar-refractivity contribution is -0.141. The van der Waals surface area contributed by atoms with Crippen molar-refractivity contribution >= 4 is 29.0 Å². The minimum atomic E-state index is -0.849. The quantitative estimate of drug-likeness (QED) is 0.468. The third kappa shape index (κ3) is 3.97. The molecule has 0 aromatic heterocycles. The van der Waals surface area contributed by atoms with E-state index in [9.17, 15) is 14.4 Å². The molecular formula is C22H23NO4. The summed E-state index contributed by atoms with van der Waals surface area (Å²) in [5.74, 6) is -2.39. The topological polar surface area (TPSA) is 63.7 Å². The molecule has 0 bridgehead atoms. The van der Waals surface area contributed by atoms with Gasteiger partial charge in [-0.3, -0.25) is 14.5 Å². The molecule has 0 radical (unpaired) electrons. The second-order valence-electron chi connectivity index (χ2n) is 5.62. The van der Waals surface area contributed by atoms with E-state index in [1.807, 2.05) is 39.0 Å². The first kappa shape index (κ1) is 20.1. The zero-order chi connectivity index (χ0) is 20.0. The summed E-state index contributed by atoms with van der Waals surface area (Å²) in [6, 6.07) is 16.1. The molecule has 27 heavy (non-hydrogen) atoms. The van der Waals surface area contributed by atoms with Crippen molar-refractivity contribution in [1.82, 2.24) is 0 Å².